The molecule has 0 bridgehead atoms. The second kappa shape index (κ2) is 7.44. The number of sulfonamides is 1. The van der Waals surface area contributed by atoms with Gasteiger partial charge in [0.1, 0.15) is 5.82 Å². The van der Waals surface area contributed by atoms with Gasteiger partial charge in [-0.2, -0.15) is 0 Å². The van der Waals surface area contributed by atoms with Gasteiger partial charge in [-0.25, -0.2) is 17.6 Å². The third-order valence-electron chi connectivity index (χ3n) is 3.52. The molecule has 0 amide bonds. The highest BCUT2D eigenvalue weighted by Gasteiger charge is 2.26. The van der Waals surface area contributed by atoms with Crippen molar-refractivity contribution in [1.82, 2.24) is 0 Å². The van der Waals surface area contributed by atoms with Gasteiger partial charge in [-0.3, -0.25) is 4.31 Å². The Morgan fingerprint density at radius 3 is 2.42 bits per heavy atom. The van der Waals surface area contributed by atoms with Gasteiger partial charge < -0.3 is 5.11 Å². The second-order valence-electron chi connectivity index (χ2n) is 5.21. The number of carbonyl (C=O) groups is 1. The zero-order chi connectivity index (χ0) is 17.7. The summed E-state index contributed by atoms with van der Waals surface area (Å²) < 4.78 is 40.6. The molecule has 1 N–H and O–H groups in total. The van der Waals surface area contributed by atoms with Gasteiger partial charge in [-0.1, -0.05) is 31.5 Å². The number of carboxylic acid groups (broad SMARTS) is 1. The van der Waals surface area contributed by atoms with E-state index in [1.54, 1.807) is 30.3 Å². The Balaban J connectivity index is 2.52. The fourth-order valence-electron chi connectivity index (χ4n) is 2.24. The number of anilines is 1. The number of nitrogens with zero attached hydrogens (tertiary/aromatic N) is 1. The van der Waals surface area contributed by atoms with Crippen LogP contribution < -0.4 is 4.31 Å². The van der Waals surface area contributed by atoms with E-state index in [9.17, 15) is 17.6 Å². The average Bonchev–Trinajstić information content (AvgIpc) is 2.56. The maximum absolute atomic E-state index is 13.5. The van der Waals surface area contributed by atoms with Crippen LogP contribution in [-0.4, -0.2) is 26.0 Å². The number of aromatic carboxylic acids is 1. The highest BCUT2D eigenvalue weighted by molar-refractivity contribution is 7.92. The molecule has 2 aromatic carbocycles. The number of para-hydroxylation sites is 1. The molecular formula is C17H18FNO4S. The van der Waals surface area contributed by atoms with E-state index >= 15 is 0 Å². The average molecular weight is 351 g/mol. The maximum atomic E-state index is 13.5. The van der Waals surface area contributed by atoms with Crippen molar-refractivity contribution in [3.05, 3.63) is 59.9 Å². The quantitative estimate of drug-likeness (QED) is 0.828. The fourth-order valence-corrected chi connectivity index (χ4v) is 3.77. The minimum absolute atomic E-state index is 0.249. The van der Waals surface area contributed by atoms with Gasteiger partial charge >= 0.3 is 5.97 Å². The summed E-state index contributed by atoms with van der Waals surface area (Å²) in [5.74, 6) is -2.48. The zero-order valence-corrected chi connectivity index (χ0v) is 14.0. The van der Waals surface area contributed by atoms with E-state index in [1.807, 2.05) is 6.92 Å². The largest absolute Gasteiger partial charge is 0.478 e. The normalized spacial score (nSPS) is 11.2. The second-order valence-corrected chi connectivity index (χ2v) is 7.08. The molecule has 0 saturated carbocycles. The summed E-state index contributed by atoms with van der Waals surface area (Å²) in [6, 6.07) is 11.3. The molecule has 2 rings (SSSR count). The lowest BCUT2D eigenvalue weighted by Crippen LogP contribution is -2.32. The highest BCUT2D eigenvalue weighted by atomic mass is 32.2. The molecule has 0 heterocycles. The first-order valence-corrected chi connectivity index (χ1v) is 8.92. The van der Waals surface area contributed by atoms with Gasteiger partial charge in [0.2, 0.25) is 0 Å². The molecule has 0 unspecified atom stereocenters. The predicted octanol–water partition coefficient (Wildman–Crippen LogP) is 3.52. The minimum Gasteiger partial charge on any atom is -0.478 e. The van der Waals surface area contributed by atoms with Crippen LogP contribution in [0.25, 0.3) is 0 Å². The topological polar surface area (TPSA) is 74.7 Å². The van der Waals surface area contributed by atoms with E-state index in [-0.39, 0.29) is 11.4 Å². The van der Waals surface area contributed by atoms with Gasteiger partial charge in [0.15, 0.2) is 0 Å². The Labute approximate surface area is 140 Å². The van der Waals surface area contributed by atoms with Crippen LogP contribution in [0.2, 0.25) is 0 Å². The van der Waals surface area contributed by atoms with E-state index in [0.717, 1.165) is 24.6 Å². The van der Waals surface area contributed by atoms with Crippen molar-refractivity contribution in [2.24, 2.45) is 0 Å². The van der Waals surface area contributed by atoms with E-state index in [2.05, 4.69) is 0 Å². The molecule has 0 aliphatic carbocycles. The highest BCUT2D eigenvalue weighted by Crippen LogP contribution is 2.25. The van der Waals surface area contributed by atoms with Crippen LogP contribution in [0.1, 0.15) is 30.1 Å². The monoisotopic (exact) mass is 351 g/mol. The zero-order valence-electron chi connectivity index (χ0n) is 13.1. The SMILES string of the molecule is CCCCN(c1ccccc1)S(=O)(=O)c1ccc(F)c(C(=O)O)c1. The lowest BCUT2D eigenvalue weighted by atomic mass is 10.2. The molecule has 0 saturated heterocycles. The summed E-state index contributed by atoms with van der Waals surface area (Å²) in [5.41, 5.74) is -0.188. The number of hydrogen-bond donors (Lipinski definition) is 1. The third kappa shape index (κ3) is 3.73. The Morgan fingerprint density at radius 2 is 1.83 bits per heavy atom. The molecule has 5 nitrogen and oxygen atoms in total. The molecule has 7 heteroatoms. The van der Waals surface area contributed by atoms with E-state index in [4.69, 9.17) is 5.11 Å². The van der Waals surface area contributed by atoms with Crippen molar-refractivity contribution in [2.75, 3.05) is 10.8 Å². The Morgan fingerprint density at radius 1 is 1.17 bits per heavy atom. The summed E-state index contributed by atoms with van der Waals surface area (Å²) in [6.07, 6.45) is 1.43. The lowest BCUT2D eigenvalue weighted by Gasteiger charge is -2.24. The molecule has 0 atom stereocenters. The van der Waals surface area contributed by atoms with Crippen molar-refractivity contribution in [2.45, 2.75) is 24.7 Å². The number of rotatable bonds is 7. The number of carboxylic acids is 1. The van der Waals surface area contributed by atoms with Gasteiger partial charge in [-0.15, -0.1) is 0 Å². The first-order valence-electron chi connectivity index (χ1n) is 7.48. The first kappa shape index (κ1) is 17.9. The van der Waals surface area contributed by atoms with Crippen LogP contribution in [0, 0.1) is 5.82 Å². The Hall–Kier alpha value is -2.41. The fraction of sp³-hybridized carbons (Fsp3) is 0.235. The summed E-state index contributed by atoms with van der Waals surface area (Å²) in [7, 11) is -4.00. The van der Waals surface area contributed by atoms with Gasteiger partial charge in [0.05, 0.1) is 16.1 Å². The standard InChI is InChI=1S/C17H18FNO4S/c1-2-3-11-19(13-7-5-4-6-8-13)24(22,23)14-9-10-16(18)15(12-14)17(20)21/h4-10,12H,2-3,11H2,1H3,(H,20,21). The smallest absolute Gasteiger partial charge is 0.338 e. The molecule has 0 aliphatic rings. The molecule has 0 aliphatic heterocycles. The van der Waals surface area contributed by atoms with Crippen molar-refractivity contribution in [1.29, 1.82) is 0 Å². The van der Waals surface area contributed by atoms with Gasteiger partial charge in [-0.05, 0) is 36.8 Å². The predicted molar refractivity (Wildman–Crippen MR) is 89.2 cm³/mol. The molecular weight excluding hydrogens is 333 g/mol. The van der Waals surface area contributed by atoms with Crippen LogP contribution in [-0.2, 0) is 10.0 Å². The van der Waals surface area contributed by atoms with E-state index in [1.165, 1.54) is 4.31 Å². The van der Waals surface area contributed by atoms with Crippen LogP contribution in [0.5, 0.6) is 0 Å². The van der Waals surface area contributed by atoms with Crippen LogP contribution in [0.4, 0.5) is 10.1 Å². The molecule has 2 aromatic rings. The number of unbranched alkanes of at least 4 members (excludes halogenated alkanes) is 1. The minimum atomic E-state index is -4.00. The third-order valence-corrected chi connectivity index (χ3v) is 5.34. The summed E-state index contributed by atoms with van der Waals surface area (Å²) in [5, 5.41) is 9.00. The van der Waals surface area contributed by atoms with Crippen molar-refractivity contribution < 1.29 is 22.7 Å². The summed E-state index contributed by atoms with van der Waals surface area (Å²) >= 11 is 0. The molecule has 0 radical (unpaired) electrons. The molecule has 0 fully saturated rings. The van der Waals surface area contributed by atoms with Gasteiger partial charge in [0.25, 0.3) is 10.0 Å². The van der Waals surface area contributed by atoms with Crippen molar-refractivity contribution in [3.63, 3.8) is 0 Å². The molecule has 0 spiro atoms. The number of benzene rings is 2. The first-order chi connectivity index (χ1) is 11.4. The number of halogens is 1. The molecule has 128 valence electrons. The van der Waals surface area contributed by atoms with Crippen molar-refractivity contribution in [3.8, 4) is 0 Å². The van der Waals surface area contributed by atoms with Gasteiger partial charge in [0, 0.05) is 6.54 Å². The number of hydrogen-bond acceptors (Lipinski definition) is 3. The van der Waals surface area contributed by atoms with Crippen LogP contribution in [0.3, 0.4) is 0 Å². The molecule has 24 heavy (non-hydrogen) atoms. The lowest BCUT2D eigenvalue weighted by molar-refractivity contribution is 0.0691. The summed E-state index contributed by atoms with van der Waals surface area (Å²) in [4.78, 5) is 10.8. The Bertz CT molecular complexity index is 822. The Kier molecular flexibility index (Phi) is 5.56. The van der Waals surface area contributed by atoms with Crippen LogP contribution in [0.15, 0.2) is 53.4 Å². The maximum Gasteiger partial charge on any atom is 0.338 e. The molecule has 0 aromatic heterocycles. The summed E-state index contributed by atoms with van der Waals surface area (Å²) in [6.45, 7) is 2.19. The van der Waals surface area contributed by atoms with Crippen LogP contribution >= 0.6 is 0 Å². The van der Waals surface area contributed by atoms with E-state index < -0.39 is 27.4 Å². The van der Waals surface area contributed by atoms with E-state index in [0.29, 0.717) is 12.1 Å². The van der Waals surface area contributed by atoms with Crippen molar-refractivity contribution >= 4 is 21.7 Å².